The highest BCUT2D eigenvalue weighted by Crippen LogP contribution is 2.67. The summed E-state index contributed by atoms with van der Waals surface area (Å²) >= 11 is 0. The highest BCUT2D eigenvalue weighted by Gasteiger charge is 2.59. The van der Waals surface area contributed by atoms with Crippen LogP contribution in [0.4, 0.5) is 0 Å². The smallest absolute Gasteiger partial charge is 0.306 e. The van der Waals surface area contributed by atoms with Crippen molar-refractivity contribution in [2.24, 2.45) is 46.3 Å². The van der Waals surface area contributed by atoms with Crippen molar-refractivity contribution >= 4 is 11.9 Å². The van der Waals surface area contributed by atoms with E-state index in [4.69, 9.17) is 18.9 Å². The standard InChI is InChI=1S/C60H103NO6/c1-8-9-10-11-12-13-14-15-16-17-18-19-20-21-22-23-41-64-46-52(45-61-40-25-29-49(61)5)65-42-26-43-66-57(62)34-35-58(63)67-51-36-38-59(6)50(44-51)30-31-53-55-33-32-54(48(4)28-24-27-47(2)3)60(55,7)39-37-56(53)59/h12-13,15-16,30,47-49,51-56H,8-11,14,17-29,31-46H2,1-7H3. The predicted molar refractivity (Wildman–Crippen MR) is 278 cm³/mol. The first-order valence-electron chi connectivity index (χ1n) is 28.7. The molecule has 0 radical (unpaired) electrons. The van der Waals surface area contributed by atoms with E-state index in [9.17, 15) is 9.59 Å². The fraction of sp³-hybridized carbons (Fsp3) is 0.867. The second kappa shape index (κ2) is 30.0. The Morgan fingerprint density at radius 2 is 1.52 bits per heavy atom. The van der Waals surface area contributed by atoms with Crippen LogP contribution in [0.25, 0.3) is 0 Å². The van der Waals surface area contributed by atoms with Crippen LogP contribution in [0.5, 0.6) is 0 Å². The molecular weight excluding hydrogens is 831 g/mol. The highest BCUT2D eigenvalue weighted by atomic mass is 16.6. The summed E-state index contributed by atoms with van der Waals surface area (Å²) < 4.78 is 24.1. The number of carbonyl (C=O) groups excluding carboxylic acids is 2. The average Bonchev–Trinajstić information content (AvgIpc) is 3.88. The zero-order valence-corrected chi connectivity index (χ0v) is 44.5. The van der Waals surface area contributed by atoms with Crippen molar-refractivity contribution in [2.75, 3.05) is 39.5 Å². The maximum atomic E-state index is 13.0. The Morgan fingerprint density at radius 3 is 2.27 bits per heavy atom. The van der Waals surface area contributed by atoms with Gasteiger partial charge in [-0.3, -0.25) is 14.5 Å². The lowest BCUT2D eigenvalue weighted by Gasteiger charge is -2.58. The van der Waals surface area contributed by atoms with Gasteiger partial charge >= 0.3 is 11.9 Å². The topological polar surface area (TPSA) is 74.3 Å². The average molecular weight is 934 g/mol. The third-order valence-corrected chi connectivity index (χ3v) is 17.9. The number of nitrogens with zero attached hydrogens (tertiary/aromatic N) is 1. The molecule has 0 aromatic heterocycles. The fourth-order valence-corrected chi connectivity index (χ4v) is 13.9. The quantitative estimate of drug-likeness (QED) is 0.0369. The minimum Gasteiger partial charge on any atom is -0.466 e. The number of esters is 2. The number of likely N-dealkylation sites (tertiary alicyclic amines) is 1. The Labute approximate surface area is 412 Å². The molecule has 0 bridgehead atoms. The maximum absolute atomic E-state index is 13.0. The van der Waals surface area contributed by atoms with Crippen LogP contribution in [-0.2, 0) is 28.5 Å². The largest absolute Gasteiger partial charge is 0.466 e. The van der Waals surface area contributed by atoms with E-state index in [1.54, 1.807) is 0 Å². The van der Waals surface area contributed by atoms with Gasteiger partial charge in [0.25, 0.3) is 0 Å². The SMILES string of the molecule is CCCCCC=CCC=CCCCCCCCCOCC(CN1CCCC1C)OCCCOC(=O)CCC(=O)OC1CCC2(C)C(=CCC3C2CCC2(C)C(C(C)CCCC(C)C)CCC32)C1. The van der Waals surface area contributed by atoms with Crippen molar-refractivity contribution in [3.63, 3.8) is 0 Å². The number of rotatable bonds is 33. The van der Waals surface area contributed by atoms with E-state index in [-0.39, 0.29) is 42.4 Å². The van der Waals surface area contributed by atoms with Gasteiger partial charge in [-0.1, -0.05) is 135 Å². The van der Waals surface area contributed by atoms with Crippen LogP contribution >= 0.6 is 0 Å². The Kier molecular flexibility index (Phi) is 25.1. The molecule has 5 rings (SSSR count). The summed E-state index contributed by atoms with van der Waals surface area (Å²) in [6.07, 6.45) is 43.8. The second-order valence-electron chi connectivity index (χ2n) is 23.4. The van der Waals surface area contributed by atoms with E-state index in [1.165, 1.54) is 134 Å². The maximum Gasteiger partial charge on any atom is 0.306 e. The molecule has 384 valence electrons. The van der Waals surface area contributed by atoms with Crippen LogP contribution in [0.15, 0.2) is 36.0 Å². The Balaban J connectivity index is 0.911. The Bertz CT molecular complexity index is 1500. The molecule has 67 heavy (non-hydrogen) atoms. The van der Waals surface area contributed by atoms with Crippen molar-refractivity contribution in [3.05, 3.63) is 36.0 Å². The van der Waals surface area contributed by atoms with Crippen LogP contribution in [0.2, 0.25) is 0 Å². The summed E-state index contributed by atoms with van der Waals surface area (Å²) in [6, 6.07) is 0.577. The molecule has 3 saturated carbocycles. The van der Waals surface area contributed by atoms with Gasteiger partial charge in [0.1, 0.15) is 6.10 Å². The third kappa shape index (κ3) is 18.0. The van der Waals surface area contributed by atoms with Crippen molar-refractivity contribution in [1.29, 1.82) is 0 Å². The molecule has 1 aliphatic heterocycles. The molecule has 4 fully saturated rings. The van der Waals surface area contributed by atoms with E-state index in [0.29, 0.717) is 37.7 Å². The van der Waals surface area contributed by atoms with Crippen molar-refractivity contribution in [2.45, 2.75) is 246 Å². The molecule has 5 aliphatic rings. The first kappa shape index (κ1) is 56.0. The van der Waals surface area contributed by atoms with Gasteiger partial charge in [0.2, 0.25) is 0 Å². The summed E-state index contributed by atoms with van der Waals surface area (Å²) in [5.74, 6) is 4.31. The van der Waals surface area contributed by atoms with Crippen LogP contribution in [-0.4, -0.2) is 74.6 Å². The lowest BCUT2D eigenvalue weighted by molar-refractivity contribution is -0.155. The predicted octanol–water partition coefficient (Wildman–Crippen LogP) is 15.4. The molecule has 0 aromatic carbocycles. The van der Waals surface area contributed by atoms with Gasteiger partial charge in [-0.25, -0.2) is 0 Å². The molecule has 10 unspecified atom stereocenters. The Hall–Kier alpha value is -1.96. The molecule has 0 aromatic rings. The zero-order valence-electron chi connectivity index (χ0n) is 44.5. The molecule has 7 nitrogen and oxygen atoms in total. The van der Waals surface area contributed by atoms with Gasteiger partial charge in [0.05, 0.1) is 38.8 Å². The number of ether oxygens (including phenoxy) is 4. The molecule has 7 heteroatoms. The molecule has 0 spiro atoms. The zero-order chi connectivity index (χ0) is 47.9. The molecular formula is C60H103NO6. The second-order valence-corrected chi connectivity index (χ2v) is 23.4. The number of unbranched alkanes of at least 4 members (excludes halogenated alkanes) is 9. The number of carbonyl (C=O) groups is 2. The third-order valence-electron chi connectivity index (χ3n) is 17.9. The van der Waals surface area contributed by atoms with Crippen molar-refractivity contribution in [3.8, 4) is 0 Å². The summed E-state index contributed by atoms with van der Waals surface area (Å²) in [5, 5.41) is 0. The first-order valence-corrected chi connectivity index (χ1v) is 28.7. The van der Waals surface area contributed by atoms with Crippen LogP contribution in [0.3, 0.4) is 0 Å². The minimum absolute atomic E-state index is 0.00987. The number of fused-ring (bicyclic) bond motifs is 5. The first-order chi connectivity index (χ1) is 32.4. The minimum atomic E-state index is -0.336. The molecule has 0 N–H and O–H groups in total. The summed E-state index contributed by atoms with van der Waals surface area (Å²) in [5.41, 5.74) is 2.26. The van der Waals surface area contributed by atoms with E-state index in [0.717, 1.165) is 87.3 Å². The molecule has 1 saturated heterocycles. The van der Waals surface area contributed by atoms with Crippen LogP contribution in [0, 0.1) is 46.3 Å². The highest BCUT2D eigenvalue weighted by molar-refractivity contribution is 5.77. The van der Waals surface area contributed by atoms with Gasteiger partial charge < -0.3 is 18.9 Å². The van der Waals surface area contributed by atoms with E-state index in [1.807, 2.05) is 0 Å². The van der Waals surface area contributed by atoms with Gasteiger partial charge in [-0.15, -0.1) is 0 Å². The van der Waals surface area contributed by atoms with Crippen molar-refractivity contribution in [1.82, 2.24) is 4.90 Å². The van der Waals surface area contributed by atoms with Gasteiger partial charge in [0.15, 0.2) is 0 Å². The van der Waals surface area contributed by atoms with Crippen LogP contribution < -0.4 is 0 Å². The molecule has 0 amide bonds. The lowest BCUT2D eigenvalue weighted by atomic mass is 9.47. The monoisotopic (exact) mass is 934 g/mol. The molecule has 10 atom stereocenters. The fourth-order valence-electron chi connectivity index (χ4n) is 13.9. The van der Waals surface area contributed by atoms with Gasteiger partial charge in [0, 0.05) is 32.0 Å². The summed E-state index contributed by atoms with van der Waals surface area (Å²) in [4.78, 5) is 28.2. The van der Waals surface area contributed by atoms with Crippen molar-refractivity contribution < 1.29 is 28.5 Å². The lowest BCUT2D eigenvalue weighted by Crippen LogP contribution is -2.51. The Morgan fingerprint density at radius 1 is 0.776 bits per heavy atom. The number of hydrogen-bond acceptors (Lipinski definition) is 7. The van der Waals surface area contributed by atoms with E-state index in [2.05, 4.69) is 83.7 Å². The summed E-state index contributed by atoms with van der Waals surface area (Å²) in [7, 11) is 0. The van der Waals surface area contributed by atoms with Gasteiger partial charge in [-0.05, 0) is 156 Å². The molecule has 4 aliphatic carbocycles. The van der Waals surface area contributed by atoms with E-state index < -0.39 is 0 Å². The number of allylic oxidation sites excluding steroid dienone is 5. The van der Waals surface area contributed by atoms with E-state index >= 15 is 0 Å². The molecule has 1 heterocycles. The summed E-state index contributed by atoms with van der Waals surface area (Å²) in [6.45, 7) is 21.3. The van der Waals surface area contributed by atoms with Gasteiger partial charge in [-0.2, -0.15) is 0 Å². The van der Waals surface area contributed by atoms with Crippen LogP contribution in [0.1, 0.15) is 228 Å². The number of hydrogen-bond donors (Lipinski definition) is 0. The normalized spacial score (nSPS) is 29.5.